The van der Waals surface area contributed by atoms with Gasteiger partial charge in [0.05, 0.1) is 23.4 Å². The summed E-state index contributed by atoms with van der Waals surface area (Å²) in [6, 6.07) is 7.42. The molecule has 0 spiro atoms. The SMILES string of the molecule is O=C(NCc1nc2ccccc2c(=O)[nH]1)C1CCC(=O)N(C2CCCCCC2)C1. The van der Waals surface area contributed by atoms with Crippen LogP contribution in [-0.4, -0.2) is 39.3 Å². The van der Waals surface area contributed by atoms with Crippen molar-refractivity contribution in [2.75, 3.05) is 6.54 Å². The Bertz CT molecular complexity index is 946. The fraction of sp³-hybridized carbons (Fsp3) is 0.545. The highest BCUT2D eigenvalue weighted by Crippen LogP contribution is 2.27. The van der Waals surface area contributed by atoms with E-state index in [0.717, 1.165) is 25.7 Å². The molecule has 2 fully saturated rings. The Balaban J connectivity index is 1.39. The predicted molar refractivity (Wildman–Crippen MR) is 110 cm³/mol. The first-order valence-corrected chi connectivity index (χ1v) is 10.7. The average molecular weight is 396 g/mol. The second-order valence-corrected chi connectivity index (χ2v) is 8.17. The number of piperidine rings is 1. The zero-order chi connectivity index (χ0) is 20.2. The Morgan fingerprint density at radius 1 is 1.10 bits per heavy atom. The van der Waals surface area contributed by atoms with Crippen LogP contribution in [0, 0.1) is 5.92 Å². The van der Waals surface area contributed by atoms with Gasteiger partial charge in [0.25, 0.3) is 5.56 Å². The average Bonchev–Trinajstić information content (AvgIpc) is 3.02. The summed E-state index contributed by atoms with van der Waals surface area (Å²) in [6.07, 6.45) is 7.89. The van der Waals surface area contributed by atoms with Gasteiger partial charge in [0, 0.05) is 19.0 Å². The highest BCUT2D eigenvalue weighted by Gasteiger charge is 2.34. The van der Waals surface area contributed by atoms with Crippen LogP contribution >= 0.6 is 0 Å². The van der Waals surface area contributed by atoms with E-state index < -0.39 is 0 Å². The molecule has 1 aromatic heterocycles. The molecule has 2 amide bonds. The molecule has 2 heterocycles. The topological polar surface area (TPSA) is 95.2 Å². The predicted octanol–water partition coefficient (Wildman–Crippen LogP) is 2.50. The summed E-state index contributed by atoms with van der Waals surface area (Å²) in [5.41, 5.74) is 0.408. The van der Waals surface area contributed by atoms with Crippen molar-refractivity contribution in [3.05, 3.63) is 40.4 Å². The van der Waals surface area contributed by atoms with Crippen molar-refractivity contribution in [3.63, 3.8) is 0 Å². The first kappa shape index (κ1) is 19.6. The maximum Gasteiger partial charge on any atom is 0.258 e. The van der Waals surface area contributed by atoms with Gasteiger partial charge in [0.2, 0.25) is 11.8 Å². The fourth-order valence-corrected chi connectivity index (χ4v) is 4.54. The molecule has 1 saturated heterocycles. The van der Waals surface area contributed by atoms with Gasteiger partial charge in [-0.2, -0.15) is 0 Å². The molecular formula is C22H28N4O3. The van der Waals surface area contributed by atoms with Gasteiger partial charge in [0.15, 0.2) is 0 Å². The first-order chi connectivity index (χ1) is 14.1. The van der Waals surface area contributed by atoms with Gasteiger partial charge in [-0.15, -0.1) is 0 Å². The van der Waals surface area contributed by atoms with Gasteiger partial charge in [-0.1, -0.05) is 37.8 Å². The third-order valence-electron chi connectivity index (χ3n) is 6.17. The minimum Gasteiger partial charge on any atom is -0.349 e. The van der Waals surface area contributed by atoms with Gasteiger partial charge >= 0.3 is 0 Å². The van der Waals surface area contributed by atoms with Gasteiger partial charge in [-0.25, -0.2) is 4.98 Å². The summed E-state index contributed by atoms with van der Waals surface area (Å²) in [5, 5.41) is 3.44. The third-order valence-corrected chi connectivity index (χ3v) is 6.17. The molecule has 2 N–H and O–H groups in total. The molecule has 2 aromatic rings. The van der Waals surface area contributed by atoms with Crippen molar-refractivity contribution in [3.8, 4) is 0 Å². The van der Waals surface area contributed by atoms with Crippen LogP contribution in [0.2, 0.25) is 0 Å². The molecule has 2 aliphatic rings. The monoisotopic (exact) mass is 396 g/mol. The molecule has 1 unspecified atom stereocenters. The standard InChI is InChI=1S/C22H28N4O3/c27-20-12-11-15(14-26(20)16-7-3-1-2-4-8-16)21(28)23-13-19-24-18-10-6-5-9-17(18)22(29)25-19/h5-6,9-10,15-16H,1-4,7-8,11-14H2,(H,23,28)(H,24,25,29). The summed E-state index contributed by atoms with van der Waals surface area (Å²) in [6.45, 7) is 0.670. The molecular weight excluding hydrogens is 368 g/mol. The molecule has 154 valence electrons. The van der Waals surface area contributed by atoms with Crippen molar-refractivity contribution in [1.82, 2.24) is 20.2 Å². The zero-order valence-corrected chi connectivity index (χ0v) is 16.7. The number of nitrogens with zero attached hydrogens (tertiary/aromatic N) is 2. The van der Waals surface area contributed by atoms with Crippen molar-refractivity contribution in [2.45, 2.75) is 64.0 Å². The van der Waals surface area contributed by atoms with Crippen molar-refractivity contribution < 1.29 is 9.59 Å². The summed E-state index contributed by atoms with van der Waals surface area (Å²) in [7, 11) is 0. The number of likely N-dealkylation sites (tertiary alicyclic amines) is 1. The maximum atomic E-state index is 12.8. The second kappa shape index (κ2) is 8.76. The smallest absolute Gasteiger partial charge is 0.258 e. The zero-order valence-electron chi connectivity index (χ0n) is 16.7. The Morgan fingerprint density at radius 3 is 2.66 bits per heavy atom. The molecule has 1 aromatic carbocycles. The van der Waals surface area contributed by atoms with E-state index in [2.05, 4.69) is 15.3 Å². The van der Waals surface area contributed by atoms with E-state index in [-0.39, 0.29) is 35.9 Å². The molecule has 1 atom stereocenters. The Morgan fingerprint density at radius 2 is 1.86 bits per heavy atom. The van der Waals surface area contributed by atoms with Crippen molar-refractivity contribution in [2.24, 2.45) is 5.92 Å². The quantitative estimate of drug-likeness (QED) is 0.776. The van der Waals surface area contributed by atoms with E-state index in [4.69, 9.17) is 0 Å². The van der Waals surface area contributed by atoms with E-state index in [9.17, 15) is 14.4 Å². The molecule has 29 heavy (non-hydrogen) atoms. The van der Waals surface area contributed by atoms with Gasteiger partial charge in [-0.05, 0) is 31.4 Å². The lowest BCUT2D eigenvalue weighted by Gasteiger charge is -2.37. The lowest BCUT2D eigenvalue weighted by Crippen LogP contribution is -2.49. The van der Waals surface area contributed by atoms with Gasteiger partial charge in [0.1, 0.15) is 5.82 Å². The lowest BCUT2D eigenvalue weighted by atomic mass is 9.93. The highest BCUT2D eigenvalue weighted by atomic mass is 16.2. The number of fused-ring (bicyclic) bond motifs is 1. The summed E-state index contributed by atoms with van der Waals surface area (Å²) >= 11 is 0. The third kappa shape index (κ3) is 4.49. The van der Waals surface area contributed by atoms with Crippen LogP contribution < -0.4 is 10.9 Å². The number of hydrogen-bond donors (Lipinski definition) is 2. The molecule has 4 rings (SSSR count). The molecule has 0 bridgehead atoms. The number of aromatic amines is 1. The second-order valence-electron chi connectivity index (χ2n) is 8.17. The van der Waals surface area contributed by atoms with Crippen molar-refractivity contribution in [1.29, 1.82) is 0 Å². The van der Waals surface area contributed by atoms with E-state index >= 15 is 0 Å². The highest BCUT2D eigenvalue weighted by molar-refractivity contribution is 5.84. The van der Waals surface area contributed by atoms with Crippen LogP contribution in [0.5, 0.6) is 0 Å². The summed E-state index contributed by atoms with van der Waals surface area (Å²) in [5.74, 6) is 0.339. The number of carbonyl (C=O) groups is 2. The Kier molecular flexibility index (Phi) is 5.92. The Labute approximate surface area is 169 Å². The number of rotatable bonds is 4. The van der Waals surface area contributed by atoms with Crippen molar-refractivity contribution >= 4 is 22.7 Å². The van der Waals surface area contributed by atoms with E-state index in [1.54, 1.807) is 18.2 Å². The van der Waals surface area contributed by atoms with Crippen LogP contribution in [0.15, 0.2) is 29.1 Å². The van der Waals surface area contributed by atoms with Crippen LogP contribution in [0.3, 0.4) is 0 Å². The number of amides is 2. The van der Waals surface area contributed by atoms with Gasteiger partial charge in [-0.3, -0.25) is 14.4 Å². The molecule has 1 saturated carbocycles. The van der Waals surface area contributed by atoms with E-state index in [0.29, 0.717) is 36.1 Å². The molecule has 7 nitrogen and oxygen atoms in total. The normalized spacial score (nSPS) is 21.2. The lowest BCUT2D eigenvalue weighted by molar-refractivity contribution is -0.141. The molecule has 0 radical (unpaired) electrons. The molecule has 1 aliphatic heterocycles. The molecule has 1 aliphatic carbocycles. The number of nitrogens with one attached hydrogen (secondary N) is 2. The number of benzene rings is 1. The maximum absolute atomic E-state index is 12.8. The largest absolute Gasteiger partial charge is 0.349 e. The van der Waals surface area contributed by atoms with Crippen LogP contribution in [0.25, 0.3) is 10.9 Å². The first-order valence-electron chi connectivity index (χ1n) is 10.7. The number of para-hydroxylation sites is 1. The fourth-order valence-electron chi connectivity index (χ4n) is 4.54. The van der Waals surface area contributed by atoms with Gasteiger partial charge < -0.3 is 15.2 Å². The summed E-state index contributed by atoms with van der Waals surface area (Å²) in [4.78, 5) is 46.5. The van der Waals surface area contributed by atoms with E-state index in [1.807, 2.05) is 11.0 Å². The van der Waals surface area contributed by atoms with Crippen LogP contribution in [-0.2, 0) is 16.1 Å². The van der Waals surface area contributed by atoms with E-state index in [1.165, 1.54) is 12.8 Å². The number of aromatic nitrogens is 2. The molecule has 7 heteroatoms. The number of H-pyrrole nitrogens is 1. The number of carbonyl (C=O) groups excluding carboxylic acids is 2. The minimum atomic E-state index is -0.206. The minimum absolute atomic E-state index is 0.0769. The van der Waals surface area contributed by atoms with Crippen LogP contribution in [0.1, 0.15) is 57.2 Å². The summed E-state index contributed by atoms with van der Waals surface area (Å²) < 4.78 is 0. The van der Waals surface area contributed by atoms with Crippen LogP contribution in [0.4, 0.5) is 0 Å². The Hall–Kier alpha value is -2.70. The number of hydrogen-bond acceptors (Lipinski definition) is 4.